The summed E-state index contributed by atoms with van der Waals surface area (Å²) in [5.74, 6) is -0.389. The first-order valence-corrected chi connectivity index (χ1v) is 9.63. The smallest absolute Gasteiger partial charge is 0.262 e. The monoisotopic (exact) mass is 371 g/mol. The second kappa shape index (κ2) is 6.77. The van der Waals surface area contributed by atoms with Crippen LogP contribution >= 0.6 is 0 Å². The lowest BCUT2D eigenvalue weighted by Gasteiger charge is -2.38. The SMILES string of the molecule is O=C1c2cccc3cccc(c23)C(=O)N1CN1CCN(c2ccccc2)CC1. The number of piperazine rings is 1. The van der Waals surface area contributed by atoms with Gasteiger partial charge < -0.3 is 4.90 Å². The van der Waals surface area contributed by atoms with Crippen molar-refractivity contribution in [2.75, 3.05) is 37.7 Å². The fraction of sp³-hybridized carbons (Fsp3) is 0.217. The summed E-state index contributed by atoms with van der Waals surface area (Å²) in [7, 11) is 0. The number of para-hydroxylation sites is 1. The van der Waals surface area contributed by atoms with Crippen LogP contribution in [0, 0.1) is 0 Å². The zero-order valence-corrected chi connectivity index (χ0v) is 15.5. The first-order chi connectivity index (χ1) is 13.7. The van der Waals surface area contributed by atoms with Gasteiger partial charge in [-0.15, -0.1) is 0 Å². The van der Waals surface area contributed by atoms with Gasteiger partial charge in [0, 0.05) is 48.4 Å². The van der Waals surface area contributed by atoms with Crippen LogP contribution in [0.25, 0.3) is 10.8 Å². The molecule has 5 rings (SSSR count). The van der Waals surface area contributed by atoms with Crippen molar-refractivity contribution in [2.24, 2.45) is 0 Å². The van der Waals surface area contributed by atoms with Gasteiger partial charge in [-0.2, -0.15) is 0 Å². The summed E-state index contributed by atoms with van der Waals surface area (Å²) in [6, 6.07) is 21.6. The lowest BCUT2D eigenvalue weighted by molar-refractivity contribution is 0.0490. The molecule has 3 aromatic rings. The summed E-state index contributed by atoms with van der Waals surface area (Å²) >= 11 is 0. The van der Waals surface area contributed by atoms with Gasteiger partial charge in [0.1, 0.15) is 0 Å². The molecule has 2 amide bonds. The molecule has 2 aliphatic rings. The average molecular weight is 371 g/mol. The van der Waals surface area contributed by atoms with Crippen LogP contribution < -0.4 is 4.90 Å². The molecule has 3 aromatic carbocycles. The number of nitrogens with zero attached hydrogens (tertiary/aromatic N) is 3. The minimum absolute atomic E-state index is 0.195. The molecule has 0 atom stereocenters. The molecule has 2 heterocycles. The highest BCUT2D eigenvalue weighted by Crippen LogP contribution is 2.30. The van der Waals surface area contributed by atoms with E-state index < -0.39 is 0 Å². The molecule has 0 unspecified atom stereocenters. The van der Waals surface area contributed by atoms with Crippen molar-refractivity contribution in [3.8, 4) is 0 Å². The zero-order chi connectivity index (χ0) is 19.1. The molecular weight excluding hydrogens is 350 g/mol. The van der Waals surface area contributed by atoms with Crippen LogP contribution in [0.2, 0.25) is 0 Å². The van der Waals surface area contributed by atoms with Gasteiger partial charge in [-0.3, -0.25) is 19.4 Å². The highest BCUT2D eigenvalue weighted by atomic mass is 16.2. The van der Waals surface area contributed by atoms with Gasteiger partial charge in [0.25, 0.3) is 11.8 Å². The van der Waals surface area contributed by atoms with Crippen molar-refractivity contribution in [3.05, 3.63) is 77.9 Å². The summed E-state index contributed by atoms with van der Waals surface area (Å²) in [4.78, 5) is 32.0. The Bertz CT molecular complexity index is 1010. The van der Waals surface area contributed by atoms with Crippen molar-refractivity contribution in [2.45, 2.75) is 0 Å². The van der Waals surface area contributed by atoms with Gasteiger partial charge in [0.15, 0.2) is 0 Å². The second-order valence-electron chi connectivity index (χ2n) is 7.33. The Balaban J connectivity index is 1.34. The lowest BCUT2D eigenvalue weighted by atomic mass is 9.94. The van der Waals surface area contributed by atoms with E-state index in [2.05, 4.69) is 21.9 Å². The maximum absolute atomic E-state index is 13.0. The molecule has 2 aliphatic heterocycles. The second-order valence-corrected chi connectivity index (χ2v) is 7.33. The summed E-state index contributed by atoms with van der Waals surface area (Å²) in [6.45, 7) is 3.74. The minimum atomic E-state index is -0.195. The van der Waals surface area contributed by atoms with Crippen LogP contribution in [0.1, 0.15) is 20.7 Å². The van der Waals surface area contributed by atoms with Crippen LogP contribution in [-0.2, 0) is 0 Å². The third-order valence-electron chi connectivity index (χ3n) is 5.69. The van der Waals surface area contributed by atoms with E-state index in [9.17, 15) is 9.59 Å². The van der Waals surface area contributed by atoms with Gasteiger partial charge in [-0.25, -0.2) is 0 Å². The molecule has 0 N–H and O–H groups in total. The maximum atomic E-state index is 13.0. The molecule has 1 fully saturated rings. The Kier molecular flexibility index (Phi) is 4.10. The van der Waals surface area contributed by atoms with Crippen molar-refractivity contribution >= 4 is 28.3 Å². The standard InChI is InChI=1S/C23H21N3O2/c27-22-19-10-4-6-17-7-5-11-20(21(17)19)23(28)26(22)16-24-12-14-25(15-13-24)18-8-2-1-3-9-18/h1-11H,12-16H2. The van der Waals surface area contributed by atoms with Gasteiger partial charge in [-0.1, -0.05) is 42.5 Å². The van der Waals surface area contributed by atoms with E-state index in [1.54, 1.807) is 0 Å². The van der Waals surface area contributed by atoms with Crippen LogP contribution in [0.15, 0.2) is 66.7 Å². The topological polar surface area (TPSA) is 43.9 Å². The lowest BCUT2D eigenvalue weighted by Crippen LogP contribution is -2.53. The Labute approximate surface area is 163 Å². The quantitative estimate of drug-likeness (QED) is 0.663. The van der Waals surface area contributed by atoms with Crippen molar-refractivity contribution in [3.63, 3.8) is 0 Å². The van der Waals surface area contributed by atoms with Gasteiger partial charge in [0.2, 0.25) is 0 Å². The maximum Gasteiger partial charge on any atom is 0.262 e. The van der Waals surface area contributed by atoms with Crippen molar-refractivity contribution in [1.82, 2.24) is 9.80 Å². The minimum Gasteiger partial charge on any atom is -0.369 e. The molecule has 0 aliphatic carbocycles. The normalized spacial score (nSPS) is 17.4. The molecule has 0 aromatic heterocycles. The van der Waals surface area contributed by atoms with Gasteiger partial charge >= 0.3 is 0 Å². The molecule has 5 nitrogen and oxygen atoms in total. The Morgan fingerprint density at radius 3 is 1.89 bits per heavy atom. The zero-order valence-electron chi connectivity index (χ0n) is 15.5. The summed E-state index contributed by atoms with van der Waals surface area (Å²) in [6.07, 6.45) is 0. The molecule has 28 heavy (non-hydrogen) atoms. The van der Waals surface area contributed by atoms with Gasteiger partial charge in [0.05, 0.1) is 6.67 Å². The van der Waals surface area contributed by atoms with E-state index in [4.69, 9.17) is 0 Å². The average Bonchev–Trinajstić information content (AvgIpc) is 2.76. The number of hydrogen-bond donors (Lipinski definition) is 0. The van der Waals surface area contributed by atoms with Crippen LogP contribution in [0.3, 0.4) is 0 Å². The van der Waals surface area contributed by atoms with E-state index >= 15 is 0 Å². The molecule has 140 valence electrons. The number of carbonyl (C=O) groups excluding carboxylic acids is 2. The van der Waals surface area contributed by atoms with Crippen molar-refractivity contribution in [1.29, 1.82) is 0 Å². The Hall–Kier alpha value is -3.18. The molecule has 0 radical (unpaired) electrons. The molecule has 0 bridgehead atoms. The largest absolute Gasteiger partial charge is 0.369 e. The first-order valence-electron chi connectivity index (χ1n) is 9.63. The van der Waals surface area contributed by atoms with Crippen molar-refractivity contribution < 1.29 is 9.59 Å². The number of anilines is 1. The Morgan fingerprint density at radius 2 is 1.29 bits per heavy atom. The fourth-order valence-electron chi connectivity index (χ4n) is 4.20. The number of rotatable bonds is 3. The summed E-state index contributed by atoms with van der Waals surface area (Å²) in [5.41, 5.74) is 2.46. The molecule has 0 spiro atoms. The number of amides is 2. The molecule has 5 heteroatoms. The highest BCUT2D eigenvalue weighted by Gasteiger charge is 2.34. The van der Waals surface area contributed by atoms with E-state index in [1.807, 2.05) is 54.6 Å². The van der Waals surface area contributed by atoms with E-state index in [1.165, 1.54) is 10.6 Å². The number of hydrogen-bond acceptors (Lipinski definition) is 4. The molecular formula is C23H21N3O2. The third-order valence-corrected chi connectivity index (χ3v) is 5.69. The fourth-order valence-corrected chi connectivity index (χ4v) is 4.20. The number of carbonyl (C=O) groups is 2. The summed E-state index contributed by atoms with van der Waals surface area (Å²) < 4.78 is 0. The van der Waals surface area contributed by atoms with Crippen LogP contribution in [0.5, 0.6) is 0 Å². The van der Waals surface area contributed by atoms with E-state index in [0.717, 1.165) is 37.0 Å². The molecule has 0 saturated carbocycles. The van der Waals surface area contributed by atoms with E-state index in [-0.39, 0.29) is 11.8 Å². The van der Waals surface area contributed by atoms with Crippen LogP contribution in [0.4, 0.5) is 5.69 Å². The predicted octanol–water partition coefficient (Wildman–Crippen LogP) is 3.22. The van der Waals surface area contributed by atoms with Crippen LogP contribution in [-0.4, -0.2) is 54.5 Å². The third kappa shape index (κ3) is 2.75. The highest BCUT2D eigenvalue weighted by molar-refractivity contribution is 6.25. The number of benzene rings is 3. The Morgan fingerprint density at radius 1 is 0.679 bits per heavy atom. The van der Waals surface area contributed by atoms with Gasteiger partial charge in [-0.05, 0) is 29.7 Å². The summed E-state index contributed by atoms with van der Waals surface area (Å²) in [5, 5.41) is 1.72. The molecule has 1 saturated heterocycles. The predicted molar refractivity (Wildman–Crippen MR) is 110 cm³/mol. The first kappa shape index (κ1) is 17.0. The number of imide groups is 1. The van der Waals surface area contributed by atoms with E-state index in [0.29, 0.717) is 17.8 Å².